The van der Waals surface area contributed by atoms with Crippen LogP contribution in [0.4, 0.5) is 0 Å². The second-order valence-corrected chi connectivity index (χ2v) is 18.8. The first kappa shape index (κ1) is 56.8. The fourth-order valence-corrected chi connectivity index (χ4v) is 6.19. The fraction of sp³-hybridized carbons (Fsp3) is 0.822. The van der Waals surface area contributed by atoms with E-state index in [1.54, 1.807) is 41.5 Å². The number of carbonyl (C=O) groups excluding carboxylic acids is 6. The lowest BCUT2D eigenvalue weighted by molar-refractivity contribution is -0.160. The third-order valence-electron chi connectivity index (χ3n) is 9.11. The van der Waals surface area contributed by atoms with Crippen molar-refractivity contribution in [2.24, 2.45) is 0 Å². The van der Waals surface area contributed by atoms with Crippen molar-refractivity contribution in [2.75, 3.05) is 0 Å². The minimum atomic E-state index is -1.46. The number of carboxylic acid groups (broad SMARTS) is 2. The molecule has 0 aromatic heterocycles. The van der Waals surface area contributed by atoms with Crippen molar-refractivity contribution in [3.8, 4) is 0 Å². The summed E-state index contributed by atoms with van der Waals surface area (Å²) in [5.41, 5.74) is -2.22. The molecule has 3 atom stereocenters. The van der Waals surface area contributed by atoms with E-state index in [0.29, 0.717) is 12.8 Å². The number of esters is 3. The summed E-state index contributed by atoms with van der Waals surface area (Å²) in [5.74, 6) is -6.08. The van der Waals surface area contributed by atoms with Crippen LogP contribution in [0.5, 0.6) is 0 Å². The number of carboxylic acids is 2. The molecule has 0 saturated heterocycles. The average molecular weight is 870 g/mol. The van der Waals surface area contributed by atoms with Gasteiger partial charge in [-0.2, -0.15) is 0 Å². The molecule has 16 nitrogen and oxygen atoms in total. The molecule has 0 aliphatic rings. The number of nitrogens with one attached hydrogen (secondary N) is 3. The molecule has 0 bridgehead atoms. The highest BCUT2D eigenvalue weighted by atomic mass is 16.6. The molecule has 0 rings (SSSR count). The van der Waals surface area contributed by atoms with Gasteiger partial charge in [-0.1, -0.05) is 77.0 Å². The first-order chi connectivity index (χ1) is 28.3. The van der Waals surface area contributed by atoms with Gasteiger partial charge in [0.25, 0.3) is 0 Å². The van der Waals surface area contributed by atoms with E-state index >= 15 is 0 Å². The number of amides is 3. The quantitative estimate of drug-likeness (QED) is 0.0255. The van der Waals surface area contributed by atoms with Gasteiger partial charge in [-0.15, -0.1) is 0 Å². The molecule has 3 amide bonds. The second kappa shape index (κ2) is 29.9. The molecular weight excluding hydrogens is 791 g/mol. The van der Waals surface area contributed by atoms with Crippen LogP contribution in [0.1, 0.15) is 204 Å². The summed E-state index contributed by atoms with van der Waals surface area (Å²) in [4.78, 5) is 98.9. The lowest BCUT2D eigenvalue weighted by Gasteiger charge is -2.26. The normalized spacial score (nSPS) is 13.3. The maximum Gasteiger partial charge on any atom is 0.329 e. The van der Waals surface area contributed by atoms with Gasteiger partial charge in [0.15, 0.2) is 0 Å². The highest BCUT2D eigenvalue weighted by molar-refractivity contribution is 5.88. The molecule has 0 aliphatic heterocycles. The zero-order chi connectivity index (χ0) is 46.6. The van der Waals surface area contributed by atoms with E-state index in [0.717, 1.165) is 44.9 Å². The van der Waals surface area contributed by atoms with Crippen molar-refractivity contribution in [1.82, 2.24) is 16.0 Å². The molecule has 0 aromatic carbocycles. The largest absolute Gasteiger partial charge is 0.481 e. The lowest BCUT2D eigenvalue weighted by atomic mass is 10.0. The van der Waals surface area contributed by atoms with Crippen LogP contribution in [0, 0.1) is 0 Å². The van der Waals surface area contributed by atoms with E-state index in [1.165, 1.54) is 38.5 Å². The molecule has 0 unspecified atom stereocenters. The van der Waals surface area contributed by atoms with E-state index in [9.17, 15) is 43.5 Å². The zero-order valence-corrected chi connectivity index (χ0v) is 38.7. The summed E-state index contributed by atoms with van der Waals surface area (Å²) in [6.07, 6.45) is 13.8. The van der Waals surface area contributed by atoms with E-state index < -0.39 is 77.0 Å². The van der Waals surface area contributed by atoms with Crippen molar-refractivity contribution in [3.63, 3.8) is 0 Å². The van der Waals surface area contributed by atoms with E-state index in [4.69, 9.17) is 19.3 Å². The molecular formula is C45H79N3O13. The Morgan fingerprint density at radius 3 is 1.02 bits per heavy atom. The Labute approximate surface area is 364 Å². The van der Waals surface area contributed by atoms with Crippen LogP contribution >= 0.6 is 0 Å². The number of carbonyl (C=O) groups is 8. The summed E-state index contributed by atoms with van der Waals surface area (Å²) >= 11 is 0. The van der Waals surface area contributed by atoms with Gasteiger partial charge < -0.3 is 40.4 Å². The molecule has 0 heterocycles. The van der Waals surface area contributed by atoms with Gasteiger partial charge in [0.2, 0.25) is 17.7 Å². The van der Waals surface area contributed by atoms with Gasteiger partial charge in [0.05, 0.1) is 0 Å². The molecule has 0 spiro atoms. The number of hydrogen-bond donors (Lipinski definition) is 5. The summed E-state index contributed by atoms with van der Waals surface area (Å²) < 4.78 is 16.3. The third-order valence-corrected chi connectivity index (χ3v) is 9.11. The van der Waals surface area contributed by atoms with Crippen LogP contribution in [-0.4, -0.2) is 92.7 Å². The van der Waals surface area contributed by atoms with Gasteiger partial charge in [0, 0.05) is 32.1 Å². The first-order valence-electron chi connectivity index (χ1n) is 22.3. The van der Waals surface area contributed by atoms with Gasteiger partial charge >= 0.3 is 29.8 Å². The van der Waals surface area contributed by atoms with Crippen molar-refractivity contribution in [2.45, 2.75) is 239 Å². The topological polar surface area (TPSA) is 241 Å². The maximum atomic E-state index is 13.1. The maximum absolute atomic E-state index is 13.1. The molecule has 0 aliphatic carbocycles. The Morgan fingerprint density at radius 1 is 0.393 bits per heavy atom. The first-order valence-corrected chi connectivity index (χ1v) is 22.3. The average Bonchev–Trinajstić information content (AvgIpc) is 3.10. The summed E-state index contributed by atoms with van der Waals surface area (Å²) in [5, 5.41) is 25.7. The van der Waals surface area contributed by atoms with Crippen LogP contribution in [0.15, 0.2) is 0 Å². The zero-order valence-electron chi connectivity index (χ0n) is 38.7. The number of rotatable bonds is 32. The highest BCUT2D eigenvalue weighted by Gasteiger charge is 2.31. The van der Waals surface area contributed by atoms with Gasteiger partial charge in [-0.25, -0.2) is 14.4 Å². The standard InChI is InChI=1S/C45H79N3O13/c1-43(2,3)59-39(54)25-23-21-19-17-15-13-11-10-12-14-16-18-20-22-24-35(49)47-33(41(57)60-44(4,5)6)27-30-37(51)48-34(42(58)61-45(7,8)9)26-29-36(50)46-32(40(55)56)28-31-38(52)53/h32-34H,10-31H2,1-9H3,(H,46,50)(H,47,49)(H,48,51)(H,52,53)(H,55,56)/t32-,33-,34-/m0/s1. The van der Waals surface area contributed by atoms with Crippen LogP contribution in [-0.2, 0) is 52.6 Å². The van der Waals surface area contributed by atoms with Crippen molar-refractivity contribution >= 4 is 47.6 Å². The molecule has 16 heteroatoms. The predicted octanol–water partition coefficient (Wildman–Crippen LogP) is 7.22. The van der Waals surface area contributed by atoms with Crippen molar-refractivity contribution < 1.29 is 62.8 Å². The molecule has 0 saturated carbocycles. The number of aliphatic carboxylic acids is 2. The van der Waals surface area contributed by atoms with Gasteiger partial charge in [-0.3, -0.25) is 24.0 Å². The Bertz CT molecular complexity index is 1380. The summed E-state index contributed by atoms with van der Waals surface area (Å²) in [7, 11) is 0. The fourth-order valence-electron chi connectivity index (χ4n) is 6.19. The minimum absolute atomic E-state index is 0.119. The summed E-state index contributed by atoms with van der Waals surface area (Å²) in [6.45, 7) is 15.6. The van der Waals surface area contributed by atoms with Gasteiger partial charge in [-0.05, 0) is 94.4 Å². The monoisotopic (exact) mass is 870 g/mol. The molecule has 5 N–H and O–H groups in total. The van der Waals surface area contributed by atoms with Crippen LogP contribution in [0.25, 0.3) is 0 Å². The smallest absolute Gasteiger partial charge is 0.329 e. The second-order valence-electron chi connectivity index (χ2n) is 18.8. The summed E-state index contributed by atoms with van der Waals surface area (Å²) in [6, 6.07) is -3.90. The lowest BCUT2D eigenvalue weighted by Crippen LogP contribution is -2.47. The molecule has 0 fully saturated rings. The van der Waals surface area contributed by atoms with Crippen molar-refractivity contribution in [3.05, 3.63) is 0 Å². The van der Waals surface area contributed by atoms with E-state index in [-0.39, 0.29) is 50.4 Å². The molecule has 0 aromatic rings. The minimum Gasteiger partial charge on any atom is -0.481 e. The number of ether oxygens (including phenoxy) is 3. The van der Waals surface area contributed by atoms with Crippen LogP contribution < -0.4 is 16.0 Å². The Kier molecular flexibility index (Phi) is 27.8. The predicted molar refractivity (Wildman–Crippen MR) is 230 cm³/mol. The third kappa shape index (κ3) is 34.1. The Hall–Kier alpha value is -4.24. The van der Waals surface area contributed by atoms with E-state index in [2.05, 4.69) is 16.0 Å². The highest BCUT2D eigenvalue weighted by Crippen LogP contribution is 2.17. The van der Waals surface area contributed by atoms with E-state index in [1.807, 2.05) is 20.8 Å². The van der Waals surface area contributed by atoms with Crippen LogP contribution in [0.3, 0.4) is 0 Å². The number of hydrogen-bond acceptors (Lipinski definition) is 11. The Balaban J connectivity index is 4.81. The SMILES string of the molecule is CC(C)(C)OC(=O)CCCCCCCCCCCCCCCCC(=O)N[C@@H](CCC(=O)N[C@@H](CCC(=O)N[C@@H](CCC(=O)O)C(=O)O)C(=O)OC(C)(C)C)C(=O)OC(C)(C)C. The van der Waals surface area contributed by atoms with Crippen molar-refractivity contribution in [1.29, 1.82) is 0 Å². The molecule has 61 heavy (non-hydrogen) atoms. The molecule has 0 radical (unpaired) electrons. The molecule has 352 valence electrons. The number of unbranched alkanes of at least 4 members (excludes halogenated alkanes) is 13. The van der Waals surface area contributed by atoms with Crippen LogP contribution in [0.2, 0.25) is 0 Å². The Morgan fingerprint density at radius 2 is 0.689 bits per heavy atom. The van der Waals surface area contributed by atoms with Gasteiger partial charge in [0.1, 0.15) is 34.9 Å².